The Labute approximate surface area is 178 Å². The molecule has 0 saturated heterocycles. The molecule has 0 aliphatic carbocycles. The lowest BCUT2D eigenvalue weighted by atomic mass is 10.1. The first-order valence-corrected chi connectivity index (χ1v) is 10.0. The monoisotopic (exact) mass is 423 g/mol. The number of rotatable bonds is 8. The highest BCUT2D eigenvalue weighted by Gasteiger charge is 2.24. The van der Waals surface area contributed by atoms with E-state index in [1.807, 2.05) is 41.8 Å². The lowest BCUT2D eigenvalue weighted by molar-refractivity contribution is -0.145. The zero-order chi connectivity index (χ0) is 21.3. The molecule has 154 valence electrons. The normalized spacial score (nSPS) is 12.1. The first kappa shape index (κ1) is 21.1. The van der Waals surface area contributed by atoms with Gasteiger partial charge in [-0.25, -0.2) is 4.79 Å². The Hall–Kier alpha value is -3.65. The fraction of sp³-hybridized carbons (Fsp3) is 0.136. The average molecular weight is 423 g/mol. The summed E-state index contributed by atoms with van der Waals surface area (Å²) in [4.78, 5) is 31.0. The summed E-state index contributed by atoms with van der Waals surface area (Å²) < 4.78 is 5.10. The number of nitrogens with two attached hydrogens (primary N) is 1. The van der Waals surface area contributed by atoms with Crippen LogP contribution in [0.2, 0.25) is 0 Å². The predicted molar refractivity (Wildman–Crippen MR) is 116 cm³/mol. The molecule has 7 nitrogen and oxygen atoms in total. The van der Waals surface area contributed by atoms with Gasteiger partial charge in [0.2, 0.25) is 0 Å². The number of ether oxygens (including phenoxy) is 1. The van der Waals surface area contributed by atoms with Gasteiger partial charge in [0.05, 0.1) is 12.0 Å². The summed E-state index contributed by atoms with van der Waals surface area (Å²) in [6.45, 7) is 0. The summed E-state index contributed by atoms with van der Waals surface area (Å²) in [5.41, 5.74) is 7.10. The number of nitrogens with zero attached hydrogens (tertiary/aromatic N) is 1. The van der Waals surface area contributed by atoms with Crippen LogP contribution in [0.15, 0.2) is 77.3 Å². The molecule has 1 atom stereocenters. The van der Waals surface area contributed by atoms with Crippen LogP contribution in [0.5, 0.6) is 5.75 Å². The number of carbonyl (C=O) groups excluding carboxylic acids is 2. The molecule has 3 rings (SSSR count). The lowest BCUT2D eigenvalue weighted by Crippen LogP contribution is -2.43. The van der Waals surface area contributed by atoms with Gasteiger partial charge in [-0.3, -0.25) is 4.79 Å². The van der Waals surface area contributed by atoms with Gasteiger partial charge in [-0.2, -0.15) is 0 Å². The standard InChI is InChI=1S/C22H21N3O4S/c1-28-17-11-9-16(10-12-17)21(26)24-18(14-15-6-3-2-4-7-15)22(27)29-25-20(23)19-8-5-13-30-19/h2-13,18H,14H2,1H3,(H2,23,25)(H,24,26). The first-order chi connectivity index (χ1) is 14.6. The van der Waals surface area contributed by atoms with Crippen molar-refractivity contribution in [3.05, 3.63) is 88.1 Å². The quantitative estimate of drug-likeness (QED) is 0.251. The number of oxime groups is 1. The summed E-state index contributed by atoms with van der Waals surface area (Å²) in [7, 11) is 1.55. The van der Waals surface area contributed by atoms with Crippen LogP contribution in [-0.4, -0.2) is 30.9 Å². The molecule has 0 bridgehead atoms. The van der Waals surface area contributed by atoms with Crippen LogP contribution in [0.25, 0.3) is 0 Å². The molecule has 0 aliphatic rings. The van der Waals surface area contributed by atoms with Crippen LogP contribution in [0.3, 0.4) is 0 Å². The molecule has 3 aromatic rings. The molecule has 0 radical (unpaired) electrons. The molecule has 3 N–H and O–H groups in total. The van der Waals surface area contributed by atoms with Gasteiger partial charge in [0.1, 0.15) is 11.8 Å². The van der Waals surface area contributed by atoms with Crippen molar-refractivity contribution in [3.63, 3.8) is 0 Å². The van der Waals surface area contributed by atoms with E-state index >= 15 is 0 Å². The van der Waals surface area contributed by atoms with Gasteiger partial charge in [-0.05, 0) is 41.3 Å². The summed E-state index contributed by atoms with van der Waals surface area (Å²) >= 11 is 1.38. The molecule has 30 heavy (non-hydrogen) atoms. The fourth-order valence-electron chi connectivity index (χ4n) is 2.65. The van der Waals surface area contributed by atoms with E-state index in [9.17, 15) is 9.59 Å². The second-order valence-corrected chi connectivity index (χ2v) is 7.26. The van der Waals surface area contributed by atoms with Crippen LogP contribution >= 0.6 is 11.3 Å². The van der Waals surface area contributed by atoms with Gasteiger partial charge in [0, 0.05) is 12.0 Å². The molecule has 1 amide bonds. The SMILES string of the molecule is COc1ccc(C(=O)NC(Cc2ccccc2)C(=O)O/N=C(\N)c2cccs2)cc1. The van der Waals surface area contributed by atoms with E-state index in [-0.39, 0.29) is 12.3 Å². The second kappa shape index (κ2) is 10.2. The number of hydrogen-bond acceptors (Lipinski definition) is 6. The number of carbonyl (C=O) groups is 2. The van der Waals surface area contributed by atoms with Crippen molar-refractivity contribution in [1.29, 1.82) is 0 Å². The predicted octanol–water partition coefficient (Wildman–Crippen LogP) is 2.96. The fourth-order valence-corrected chi connectivity index (χ4v) is 3.27. The van der Waals surface area contributed by atoms with E-state index < -0.39 is 17.9 Å². The Morgan fingerprint density at radius 2 is 1.80 bits per heavy atom. The molecule has 1 heterocycles. The summed E-state index contributed by atoms with van der Waals surface area (Å²) in [5, 5.41) is 8.28. The third-order valence-electron chi connectivity index (χ3n) is 4.23. The average Bonchev–Trinajstić information content (AvgIpc) is 3.32. The zero-order valence-electron chi connectivity index (χ0n) is 16.3. The molecule has 0 fully saturated rings. The number of benzene rings is 2. The Morgan fingerprint density at radius 3 is 2.43 bits per heavy atom. The number of nitrogens with one attached hydrogen (secondary N) is 1. The topological polar surface area (TPSA) is 103 Å². The molecule has 1 unspecified atom stereocenters. The van der Waals surface area contributed by atoms with E-state index in [0.29, 0.717) is 16.2 Å². The highest BCUT2D eigenvalue weighted by atomic mass is 32.1. The molecular formula is C22H21N3O4S. The molecule has 1 aromatic heterocycles. The van der Waals surface area contributed by atoms with Crippen LogP contribution in [-0.2, 0) is 16.1 Å². The minimum absolute atomic E-state index is 0.0956. The van der Waals surface area contributed by atoms with Gasteiger partial charge in [-0.15, -0.1) is 11.3 Å². The maximum atomic E-state index is 12.7. The van der Waals surface area contributed by atoms with E-state index in [2.05, 4.69) is 10.5 Å². The van der Waals surface area contributed by atoms with E-state index in [0.717, 1.165) is 5.56 Å². The summed E-state index contributed by atoms with van der Waals surface area (Å²) in [6, 6.07) is 18.5. The molecule has 0 aliphatic heterocycles. The number of thiophene rings is 1. The second-order valence-electron chi connectivity index (χ2n) is 6.31. The van der Waals surface area contributed by atoms with Crippen LogP contribution in [0, 0.1) is 0 Å². The largest absolute Gasteiger partial charge is 0.497 e. The minimum atomic E-state index is -0.943. The zero-order valence-corrected chi connectivity index (χ0v) is 17.1. The lowest BCUT2D eigenvalue weighted by Gasteiger charge is -2.16. The van der Waals surface area contributed by atoms with Crippen molar-refractivity contribution in [2.75, 3.05) is 7.11 Å². The van der Waals surface area contributed by atoms with Gasteiger partial charge >= 0.3 is 5.97 Å². The molecular weight excluding hydrogens is 402 g/mol. The van der Waals surface area contributed by atoms with E-state index in [1.54, 1.807) is 37.4 Å². The van der Waals surface area contributed by atoms with Crippen LogP contribution in [0.4, 0.5) is 0 Å². The van der Waals surface area contributed by atoms with Crippen LogP contribution < -0.4 is 15.8 Å². The maximum absolute atomic E-state index is 12.7. The van der Waals surface area contributed by atoms with Crippen LogP contribution in [0.1, 0.15) is 20.8 Å². The molecule has 0 saturated carbocycles. The smallest absolute Gasteiger partial charge is 0.357 e. The van der Waals surface area contributed by atoms with E-state index in [4.69, 9.17) is 15.3 Å². The van der Waals surface area contributed by atoms with Gasteiger partial charge < -0.3 is 20.6 Å². The Kier molecular flexibility index (Phi) is 7.18. The van der Waals surface area contributed by atoms with Crippen molar-refractivity contribution in [2.45, 2.75) is 12.5 Å². The van der Waals surface area contributed by atoms with Crippen molar-refractivity contribution in [2.24, 2.45) is 10.9 Å². The Bertz CT molecular complexity index is 1000. The third kappa shape index (κ3) is 5.68. The maximum Gasteiger partial charge on any atom is 0.357 e. The van der Waals surface area contributed by atoms with Crippen molar-refractivity contribution in [3.8, 4) is 5.75 Å². The van der Waals surface area contributed by atoms with Crippen molar-refractivity contribution >= 4 is 29.0 Å². The highest BCUT2D eigenvalue weighted by molar-refractivity contribution is 7.12. The Balaban J connectivity index is 1.74. The minimum Gasteiger partial charge on any atom is -0.497 e. The van der Waals surface area contributed by atoms with Gasteiger partial charge in [0.25, 0.3) is 5.91 Å². The van der Waals surface area contributed by atoms with Gasteiger partial charge in [-0.1, -0.05) is 41.6 Å². The number of amidine groups is 1. The number of hydrogen-bond donors (Lipinski definition) is 2. The highest BCUT2D eigenvalue weighted by Crippen LogP contribution is 2.13. The molecule has 2 aromatic carbocycles. The summed E-state index contributed by atoms with van der Waals surface area (Å²) in [6.07, 6.45) is 0.246. The third-order valence-corrected chi connectivity index (χ3v) is 5.12. The molecule has 0 spiro atoms. The Morgan fingerprint density at radius 1 is 1.07 bits per heavy atom. The van der Waals surface area contributed by atoms with Crippen molar-refractivity contribution in [1.82, 2.24) is 5.32 Å². The van der Waals surface area contributed by atoms with Crippen molar-refractivity contribution < 1.29 is 19.2 Å². The summed E-state index contributed by atoms with van der Waals surface area (Å²) in [5.74, 6) is -0.394. The van der Waals surface area contributed by atoms with Gasteiger partial charge in [0.15, 0.2) is 5.84 Å². The first-order valence-electron chi connectivity index (χ1n) is 9.14. The molecule has 8 heteroatoms. The van der Waals surface area contributed by atoms with E-state index in [1.165, 1.54) is 11.3 Å². The number of amides is 1. The number of methoxy groups -OCH3 is 1.